The van der Waals surface area contributed by atoms with Crippen molar-refractivity contribution in [3.05, 3.63) is 36.1 Å². The number of benzene rings is 1. The second-order valence-corrected chi connectivity index (χ2v) is 4.32. The Balaban J connectivity index is 2.23. The SMILES string of the molecule is COc1ccc2nc(N)n(-c3ccc(OC)c(F)c3)c2n1. The minimum atomic E-state index is -0.487. The highest BCUT2D eigenvalue weighted by Gasteiger charge is 2.14. The summed E-state index contributed by atoms with van der Waals surface area (Å²) in [6.07, 6.45) is 0. The number of pyridine rings is 1. The van der Waals surface area contributed by atoms with Gasteiger partial charge in [0.15, 0.2) is 17.2 Å². The minimum Gasteiger partial charge on any atom is -0.494 e. The molecule has 2 N–H and O–H groups in total. The van der Waals surface area contributed by atoms with Gasteiger partial charge in [-0.3, -0.25) is 4.57 Å². The number of fused-ring (bicyclic) bond motifs is 1. The van der Waals surface area contributed by atoms with Crippen molar-refractivity contribution in [2.75, 3.05) is 20.0 Å². The van der Waals surface area contributed by atoms with Gasteiger partial charge in [0.05, 0.1) is 19.9 Å². The Hall–Kier alpha value is -2.83. The van der Waals surface area contributed by atoms with Gasteiger partial charge < -0.3 is 15.2 Å². The number of ether oxygens (including phenoxy) is 2. The molecule has 0 radical (unpaired) electrons. The highest BCUT2D eigenvalue weighted by molar-refractivity contribution is 5.77. The number of hydrogen-bond acceptors (Lipinski definition) is 5. The second-order valence-electron chi connectivity index (χ2n) is 4.32. The summed E-state index contributed by atoms with van der Waals surface area (Å²) in [6.45, 7) is 0. The van der Waals surface area contributed by atoms with Crippen LogP contribution >= 0.6 is 0 Å². The summed E-state index contributed by atoms with van der Waals surface area (Å²) in [5.41, 5.74) is 7.52. The van der Waals surface area contributed by atoms with Crippen LogP contribution in [0.2, 0.25) is 0 Å². The molecular formula is C14H13FN4O2. The van der Waals surface area contributed by atoms with Gasteiger partial charge in [-0.05, 0) is 18.2 Å². The van der Waals surface area contributed by atoms with Crippen LogP contribution in [0.5, 0.6) is 11.6 Å². The smallest absolute Gasteiger partial charge is 0.215 e. The van der Waals surface area contributed by atoms with Gasteiger partial charge in [-0.1, -0.05) is 0 Å². The maximum atomic E-state index is 13.9. The van der Waals surface area contributed by atoms with E-state index in [9.17, 15) is 4.39 Å². The van der Waals surface area contributed by atoms with Crippen LogP contribution in [-0.2, 0) is 0 Å². The largest absolute Gasteiger partial charge is 0.494 e. The van der Waals surface area contributed by atoms with Gasteiger partial charge in [-0.15, -0.1) is 0 Å². The predicted molar refractivity (Wildman–Crippen MR) is 76.3 cm³/mol. The molecule has 0 aliphatic carbocycles. The first-order valence-corrected chi connectivity index (χ1v) is 6.17. The lowest BCUT2D eigenvalue weighted by atomic mass is 10.3. The molecule has 6 nitrogen and oxygen atoms in total. The molecule has 0 unspecified atom stereocenters. The number of hydrogen-bond donors (Lipinski definition) is 1. The normalized spacial score (nSPS) is 10.8. The average Bonchev–Trinajstić information content (AvgIpc) is 2.81. The van der Waals surface area contributed by atoms with E-state index in [1.54, 1.807) is 22.8 Å². The molecule has 2 aromatic heterocycles. The van der Waals surface area contributed by atoms with Crippen LogP contribution in [0.3, 0.4) is 0 Å². The molecule has 108 valence electrons. The van der Waals surface area contributed by atoms with Crippen LogP contribution in [0.4, 0.5) is 10.3 Å². The Morgan fingerprint density at radius 2 is 1.90 bits per heavy atom. The van der Waals surface area contributed by atoms with E-state index in [0.29, 0.717) is 22.7 Å². The Kier molecular flexibility index (Phi) is 3.09. The van der Waals surface area contributed by atoms with E-state index >= 15 is 0 Å². The molecule has 3 aromatic rings. The van der Waals surface area contributed by atoms with E-state index in [4.69, 9.17) is 15.2 Å². The van der Waals surface area contributed by atoms with Crippen molar-refractivity contribution in [1.29, 1.82) is 0 Å². The number of nitrogens with zero attached hydrogens (tertiary/aromatic N) is 3. The maximum absolute atomic E-state index is 13.9. The predicted octanol–water partition coefficient (Wildman–Crippen LogP) is 2.16. The third-order valence-corrected chi connectivity index (χ3v) is 3.11. The molecule has 0 aliphatic heterocycles. The standard InChI is InChI=1S/C14H13FN4O2/c1-20-11-5-3-8(7-9(11)15)19-13-10(17-14(19)16)4-6-12(18-13)21-2/h3-7H,1-2H3,(H2,16,17). The van der Waals surface area contributed by atoms with Crippen molar-refractivity contribution in [1.82, 2.24) is 14.5 Å². The van der Waals surface area contributed by atoms with Gasteiger partial charge in [0.25, 0.3) is 0 Å². The summed E-state index contributed by atoms with van der Waals surface area (Å²) in [6, 6.07) is 7.95. The maximum Gasteiger partial charge on any atom is 0.215 e. The lowest BCUT2D eigenvalue weighted by molar-refractivity contribution is 0.386. The first-order chi connectivity index (χ1) is 10.1. The monoisotopic (exact) mass is 288 g/mol. The fraction of sp³-hybridized carbons (Fsp3) is 0.143. The fourth-order valence-electron chi connectivity index (χ4n) is 2.12. The van der Waals surface area contributed by atoms with Crippen LogP contribution < -0.4 is 15.2 Å². The van der Waals surface area contributed by atoms with Crippen molar-refractivity contribution in [2.45, 2.75) is 0 Å². The number of rotatable bonds is 3. The van der Waals surface area contributed by atoms with E-state index in [0.717, 1.165) is 0 Å². The molecule has 3 rings (SSSR count). The zero-order valence-electron chi connectivity index (χ0n) is 11.5. The van der Waals surface area contributed by atoms with Gasteiger partial charge in [-0.2, -0.15) is 4.98 Å². The van der Waals surface area contributed by atoms with E-state index in [1.807, 2.05) is 0 Å². The first-order valence-electron chi connectivity index (χ1n) is 6.17. The summed E-state index contributed by atoms with van der Waals surface area (Å²) in [4.78, 5) is 8.51. The molecule has 0 amide bonds. The molecule has 0 bridgehead atoms. The van der Waals surface area contributed by atoms with Crippen LogP contribution in [0, 0.1) is 5.82 Å². The number of nitrogen functional groups attached to an aromatic ring is 1. The Morgan fingerprint density at radius 1 is 1.10 bits per heavy atom. The number of nitrogens with two attached hydrogens (primary N) is 1. The number of anilines is 1. The Bertz CT molecular complexity index is 816. The second kappa shape index (κ2) is 4.93. The topological polar surface area (TPSA) is 75.2 Å². The summed E-state index contributed by atoms with van der Waals surface area (Å²) in [5, 5.41) is 0. The fourth-order valence-corrected chi connectivity index (χ4v) is 2.12. The summed E-state index contributed by atoms with van der Waals surface area (Å²) in [5.74, 6) is 0.319. The van der Waals surface area contributed by atoms with Crippen molar-refractivity contribution in [2.24, 2.45) is 0 Å². The molecule has 1 aromatic carbocycles. The van der Waals surface area contributed by atoms with E-state index in [1.165, 1.54) is 26.4 Å². The van der Waals surface area contributed by atoms with Crippen molar-refractivity contribution in [3.63, 3.8) is 0 Å². The van der Waals surface area contributed by atoms with Crippen LogP contribution in [0.1, 0.15) is 0 Å². The molecule has 0 saturated carbocycles. The van der Waals surface area contributed by atoms with E-state index in [2.05, 4.69) is 9.97 Å². The average molecular weight is 288 g/mol. The van der Waals surface area contributed by atoms with Crippen LogP contribution in [-0.4, -0.2) is 28.8 Å². The summed E-state index contributed by atoms with van der Waals surface area (Å²) < 4.78 is 25.4. The van der Waals surface area contributed by atoms with E-state index in [-0.39, 0.29) is 11.7 Å². The Morgan fingerprint density at radius 3 is 2.57 bits per heavy atom. The molecule has 0 saturated heterocycles. The molecule has 2 heterocycles. The third-order valence-electron chi connectivity index (χ3n) is 3.11. The van der Waals surface area contributed by atoms with Gasteiger partial charge in [-0.25, -0.2) is 9.37 Å². The van der Waals surface area contributed by atoms with Crippen molar-refractivity contribution < 1.29 is 13.9 Å². The molecule has 7 heteroatoms. The molecule has 0 fully saturated rings. The zero-order valence-corrected chi connectivity index (χ0v) is 11.5. The number of imidazole rings is 1. The number of aromatic nitrogens is 3. The zero-order chi connectivity index (χ0) is 15.0. The molecular weight excluding hydrogens is 275 g/mol. The summed E-state index contributed by atoms with van der Waals surface area (Å²) in [7, 11) is 2.93. The summed E-state index contributed by atoms with van der Waals surface area (Å²) >= 11 is 0. The number of methoxy groups -OCH3 is 2. The molecule has 0 aliphatic rings. The first kappa shape index (κ1) is 13.2. The van der Waals surface area contributed by atoms with Gasteiger partial charge >= 0.3 is 0 Å². The van der Waals surface area contributed by atoms with Gasteiger partial charge in [0.2, 0.25) is 11.8 Å². The lowest BCUT2D eigenvalue weighted by Gasteiger charge is -2.08. The van der Waals surface area contributed by atoms with Crippen molar-refractivity contribution in [3.8, 4) is 17.3 Å². The third kappa shape index (κ3) is 2.12. The highest BCUT2D eigenvalue weighted by atomic mass is 19.1. The van der Waals surface area contributed by atoms with Gasteiger partial charge in [0.1, 0.15) is 5.52 Å². The minimum absolute atomic E-state index is 0.160. The molecule has 21 heavy (non-hydrogen) atoms. The van der Waals surface area contributed by atoms with Crippen LogP contribution in [0.15, 0.2) is 30.3 Å². The van der Waals surface area contributed by atoms with Crippen LogP contribution in [0.25, 0.3) is 16.9 Å². The number of halogens is 1. The Labute approximate surface area is 119 Å². The lowest BCUT2D eigenvalue weighted by Crippen LogP contribution is -2.02. The van der Waals surface area contributed by atoms with Gasteiger partial charge in [0, 0.05) is 12.1 Å². The highest BCUT2D eigenvalue weighted by Crippen LogP contribution is 2.26. The quantitative estimate of drug-likeness (QED) is 0.799. The molecule has 0 atom stereocenters. The molecule has 0 spiro atoms. The van der Waals surface area contributed by atoms with Crippen molar-refractivity contribution >= 4 is 17.1 Å². The van der Waals surface area contributed by atoms with E-state index < -0.39 is 5.82 Å².